The van der Waals surface area contributed by atoms with Crippen LogP contribution in [0.5, 0.6) is 0 Å². The first-order valence-electron chi connectivity index (χ1n) is 6.87. The number of benzene rings is 1. The van der Waals surface area contributed by atoms with Crippen molar-refractivity contribution >= 4 is 45.1 Å². The summed E-state index contributed by atoms with van der Waals surface area (Å²) < 4.78 is 0.823. The average Bonchev–Trinajstić information content (AvgIpc) is 2.80. The Balaban J connectivity index is 2.06. The van der Waals surface area contributed by atoms with E-state index >= 15 is 0 Å². The van der Waals surface area contributed by atoms with E-state index in [0.29, 0.717) is 10.7 Å². The second-order valence-corrected chi connectivity index (χ2v) is 6.95. The fraction of sp³-hybridized carbons (Fsp3) is 0.467. The minimum atomic E-state index is -0.842. The molecule has 1 aromatic carbocycles. The van der Waals surface area contributed by atoms with Gasteiger partial charge in [-0.05, 0) is 36.5 Å². The van der Waals surface area contributed by atoms with Crippen LogP contribution in [0.1, 0.15) is 38.5 Å². The molecule has 6 heteroatoms. The second kappa shape index (κ2) is 6.79. The lowest BCUT2D eigenvalue weighted by molar-refractivity contribution is -0.140. The number of halogens is 2. The number of carboxylic acid groups (broad SMARTS) is 1. The Kier molecular flexibility index (Phi) is 5.27. The number of hydrogen-bond donors (Lipinski definition) is 2. The first kappa shape index (κ1) is 16.3. The molecule has 4 nitrogen and oxygen atoms in total. The summed E-state index contributed by atoms with van der Waals surface area (Å²) in [5, 5.41) is 12.3. The summed E-state index contributed by atoms with van der Waals surface area (Å²) in [6.07, 6.45) is 3.82. The normalized spacial score (nSPS) is 16.7. The van der Waals surface area contributed by atoms with Crippen molar-refractivity contribution < 1.29 is 14.7 Å². The Bertz CT molecular complexity index is 556. The number of amides is 1. The first-order valence-corrected chi connectivity index (χ1v) is 8.04. The highest BCUT2D eigenvalue weighted by molar-refractivity contribution is 9.10. The SMILES string of the molecule is O=C(O)CC1(CC(=O)Nc2cc(Br)ccc2Cl)CCCC1. The highest BCUT2D eigenvalue weighted by atomic mass is 79.9. The zero-order valence-corrected chi connectivity index (χ0v) is 13.8. The predicted molar refractivity (Wildman–Crippen MR) is 85.6 cm³/mol. The minimum Gasteiger partial charge on any atom is -0.481 e. The second-order valence-electron chi connectivity index (χ2n) is 5.63. The Morgan fingerprint density at radius 2 is 1.95 bits per heavy atom. The summed E-state index contributed by atoms with van der Waals surface area (Å²) in [4.78, 5) is 23.3. The summed E-state index contributed by atoms with van der Waals surface area (Å²) in [5.41, 5.74) is 0.133. The van der Waals surface area contributed by atoms with E-state index in [2.05, 4.69) is 21.2 Å². The maximum atomic E-state index is 12.2. The lowest BCUT2D eigenvalue weighted by atomic mass is 9.79. The molecule has 2 N–H and O–H groups in total. The minimum absolute atomic E-state index is 0.0483. The quantitative estimate of drug-likeness (QED) is 0.799. The molecular formula is C15H17BrClNO3. The molecule has 0 aliphatic heterocycles. The molecule has 21 heavy (non-hydrogen) atoms. The summed E-state index contributed by atoms with van der Waals surface area (Å²) in [6.45, 7) is 0. The van der Waals surface area contributed by atoms with Crippen LogP contribution in [0, 0.1) is 5.41 Å². The molecule has 1 saturated carbocycles. The topological polar surface area (TPSA) is 66.4 Å². The lowest BCUT2D eigenvalue weighted by Gasteiger charge is -2.26. The largest absolute Gasteiger partial charge is 0.481 e. The molecule has 114 valence electrons. The molecular weight excluding hydrogens is 358 g/mol. The van der Waals surface area contributed by atoms with Crippen LogP contribution in [0.4, 0.5) is 5.69 Å². The van der Waals surface area contributed by atoms with Gasteiger partial charge in [-0.25, -0.2) is 0 Å². The maximum absolute atomic E-state index is 12.2. The molecule has 1 aliphatic carbocycles. The van der Waals surface area contributed by atoms with Gasteiger partial charge in [0, 0.05) is 10.9 Å². The van der Waals surface area contributed by atoms with Gasteiger partial charge in [-0.2, -0.15) is 0 Å². The Labute approximate surface area is 137 Å². The Morgan fingerprint density at radius 1 is 1.29 bits per heavy atom. The summed E-state index contributed by atoms with van der Waals surface area (Å²) in [7, 11) is 0. The van der Waals surface area contributed by atoms with E-state index in [1.807, 2.05) is 0 Å². The van der Waals surface area contributed by atoms with Gasteiger partial charge in [-0.3, -0.25) is 9.59 Å². The third-order valence-corrected chi connectivity index (χ3v) is 4.75. The van der Waals surface area contributed by atoms with Crippen molar-refractivity contribution in [2.24, 2.45) is 5.41 Å². The number of nitrogens with one attached hydrogen (secondary N) is 1. The van der Waals surface area contributed by atoms with E-state index in [1.165, 1.54) is 0 Å². The Hall–Kier alpha value is -1.07. The number of carbonyl (C=O) groups is 2. The molecule has 1 fully saturated rings. The van der Waals surface area contributed by atoms with Crippen molar-refractivity contribution in [1.82, 2.24) is 0 Å². The summed E-state index contributed by atoms with van der Waals surface area (Å²) in [5.74, 6) is -1.02. The number of carbonyl (C=O) groups excluding carboxylic acids is 1. The van der Waals surface area contributed by atoms with E-state index in [4.69, 9.17) is 16.7 Å². The molecule has 1 aliphatic rings. The highest BCUT2D eigenvalue weighted by Gasteiger charge is 2.38. The number of rotatable bonds is 5. The third-order valence-electron chi connectivity index (χ3n) is 3.93. The zero-order valence-electron chi connectivity index (χ0n) is 11.5. The molecule has 0 atom stereocenters. The van der Waals surface area contributed by atoms with Crippen LogP contribution < -0.4 is 5.32 Å². The van der Waals surface area contributed by atoms with Gasteiger partial charge in [0.15, 0.2) is 0 Å². The van der Waals surface area contributed by atoms with E-state index in [0.717, 1.165) is 30.2 Å². The lowest BCUT2D eigenvalue weighted by Crippen LogP contribution is -2.27. The van der Waals surface area contributed by atoms with Gasteiger partial charge >= 0.3 is 5.97 Å². The van der Waals surface area contributed by atoms with Crippen LogP contribution in [0.15, 0.2) is 22.7 Å². The van der Waals surface area contributed by atoms with Crippen LogP contribution in [-0.2, 0) is 9.59 Å². The molecule has 0 saturated heterocycles. The zero-order chi connectivity index (χ0) is 15.5. The van der Waals surface area contributed by atoms with Crippen LogP contribution in [0.3, 0.4) is 0 Å². The molecule has 0 radical (unpaired) electrons. The van der Waals surface area contributed by atoms with E-state index in [1.54, 1.807) is 18.2 Å². The number of anilines is 1. The average molecular weight is 375 g/mol. The van der Waals surface area contributed by atoms with Gasteiger partial charge in [-0.15, -0.1) is 0 Å². The number of hydrogen-bond acceptors (Lipinski definition) is 2. The van der Waals surface area contributed by atoms with Crippen molar-refractivity contribution in [3.63, 3.8) is 0 Å². The van der Waals surface area contributed by atoms with Gasteiger partial charge in [0.1, 0.15) is 0 Å². The predicted octanol–water partition coefficient (Wildman–Crippen LogP) is 4.47. The van der Waals surface area contributed by atoms with Crippen LogP contribution in [0.25, 0.3) is 0 Å². The van der Waals surface area contributed by atoms with Crippen LogP contribution in [-0.4, -0.2) is 17.0 Å². The number of aliphatic carboxylic acids is 1. The standard InChI is InChI=1S/C15H17BrClNO3/c16-10-3-4-11(17)12(7-10)18-13(19)8-15(9-14(20)21)5-1-2-6-15/h3-4,7H,1-2,5-6,8-9H2,(H,18,19)(H,20,21). The van der Waals surface area contributed by atoms with Gasteiger partial charge < -0.3 is 10.4 Å². The summed E-state index contributed by atoms with van der Waals surface area (Å²) >= 11 is 9.38. The van der Waals surface area contributed by atoms with Gasteiger partial charge in [0.25, 0.3) is 0 Å². The van der Waals surface area contributed by atoms with Crippen molar-refractivity contribution in [2.75, 3.05) is 5.32 Å². The molecule has 0 heterocycles. The van der Waals surface area contributed by atoms with E-state index < -0.39 is 11.4 Å². The molecule has 1 amide bonds. The van der Waals surface area contributed by atoms with Crippen LogP contribution in [0.2, 0.25) is 5.02 Å². The fourth-order valence-electron chi connectivity index (χ4n) is 2.99. The monoisotopic (exact) mass is 373 g/mol. The molecule has 0 bridgehead atoms. The van der Waals surface area contributed by atoms with E-state index in [9.17, 15) is 9.59 Å². The smallest absolute Gasteiger partial charge is 0.303 e. The first-order chi connectivity index (χ1) is 9.90. The van der Waals surface area contributed by atoms with Crippen molar-refractivity contribution in [3.05, 3.63) is 27.7 Å². The summed E-state index contributed by atoms with van der Waals surface area (Å²) in [6, 6.07) is 5.23. The molecule has 1 aromatic rings. The Morgan fingerprint density at radius 3 is 2.57 bits per heavy atom. The maximum Gasteiger partial charge on any atom is 0.303 e. The van der Waals surface area contributed by atoms with Crippen molar-refractivity contribution in [3.8, 4) is 0 Å². The third kappa shape index (κ3) is 4.45. The molecule has 0 aromatic heterocycles. The molecule has 0 spiro atoms. The molecule has 0 unspecified atom stereocenters. The van der Waals surface area contributed by atoms with E-state index in [-0.39, 0.29) is 18.7 Å². The van der Waals surface area contributed by atoms with Crippen molar-refractivity contribution in [1.29, 1.82) is 0 Å². The molecule has 2 rings (SSSR count). The fourth-order valence-corrected chi connectivity index (χ4v) is 3.52. The van der Waals surface area contributed by atoms with Crippen LogP contribution >= 0.6 is 27.5 Å². The highest BCUT2D eigenvalue weighted by Crippen LogP contribution is 2.44. The van der Waals surface area contributed by atoms with Crippen molar-refractivity contribution in [2.45, 2.75) is 38.5 Å². The van der Waals surface area contributed by atoms with Gasteiger partial charge in [0.2, 0.25) is 5.91 Å². The number of carboxylic acids is 1. The van der Waals surface area contributed by atoms with Gasteiger partial charge in [-0.1, -0.05) is 40.4 Å². The van der Waals surface area contributed by atoms with Gasteiger partial charge in [0.05, 0.1) is 17.1 Å².